The Balaban J connectivity index is 2.33. The van der Waals surface area contributed by atoms with Crippen LogP contribution in [-0.4, -0.2) is 35.8 Å². The van der Waals surface area contributed by atoms with E-state index in [1.54, 1.807) is 0 Å². The van der Waals surface area contributed by atoms with Crippen molar-refractivity contribution >= 4 is 5.82 Å². The summed E-state index contributed by atoms with van der Waals surface area (Å²) in [7, 11) is 0. The lowest BCUT2D eigenvalue weighted by Gasteiger charge is -2.48. The zero-order valence-electron chi connectivity index (χ0n) is 14.2. The number of hydrogen-bond acceptors (Lipinski definition) is 4. The van der Waals surface area contributed by atoms with Crippen LogP contribution in [0.3, 0.4) is 0 Å². The number of aromatic nitrogens is 1. The van der Waals surface area contributed by atoms with E-state index in [9.17, 15) is 0 Å². The fraction of sp³-hybridized carbons (Fsp3) is 0.706. The number of morpholine rings is 1. The minimum Gasteiger partial charge on any atom is -0.366 e. The van der Waals surface area contributed by atoms with Crippen LogP contribution in [0.25, 0.3) is 0 Å². The van der Waals surface area contributed by atoms with E-state index in [-0.39, 0.29) is 11.2 Å². The summed E-state index contributed by atoms with van der Waals surface area (Å²) in [5.41, 5.74) is 0.920. The van der Waals surface area contributed by atoms with Gasteiger partial charge in [-0.1, -0.05) is 13.0 Å². The molecule has 21 heavy (non-hydrogen) atoms. The zero-order chi connectivity index (χ0) is 15.7. The molecule has 118 valence electrons. The summed E-state index contributed by atoms with van der Waals surface area (Å²) in [6.45, 7) is 15.6. The fourth-order valence-electron chi connectivity index (χ4n) is 3.37. The molecule has 0 amide bonds. The number of pyridine rings is 1. The maximum Gasteiger partial charge on any atom is 0.133 e. The summed E-state index contributed by atoms with van der Waals surface area (Å²) < 4.78 is 6.18. The van der Waals surface area contributed by atoms with Crippen LogP contribution >= 0.6 is 0 Å². The Labute approximate surface area is 128 Å². The summed E-state index contributed by atoms with van der Waals surface area (Å²) in [6, 6.07) is 4.49. The van der Waals surface area contributed by atoms with Crippen molar-refractivity contribution in [1.29, 1.82) is 0 Å². The number of nitrogens with zero attached hydrogens (tertiary/aromatic N) is 2. The summed E-state index contributed by atoms with van der Waals surface area (Å²) >= 11 is 0. The van der Waals surface area contributed by atoms with Crippen LogP contribution in [0, 0.1) is 0 Å². The van der Waals surface area contributed by atoms with Gasteiger partial charge in [0.1, 0.15) is 5.82 Å². The molecule has 1 atom stereocenters. The van der Waals surface area contributed by atoms with E-state index in [0.29, 0.717) is 6.04 Å². The number of anilines is 1. The van der Waals surface area contributed by atoms with Gasteiger partial charge in [-0.15, -0.1) is 0 Å². The van der Waals surface area contributed by atoms with Gasteiger partial charge in [0.25, 0.3) is 0 Å². The normalized spacial score (nSPS) is 22.1. The molecule has 1 aliphatic heterocycles. The number of rotatable bonds is 4. The van der Waals surface area contributed by atoms with E-state index in [0.717, 1.165) is 25.5 Å². The van der Waals surface area contributed by atoms with E-state index in [1.807, 2.05) is 12.3 Å². The largest absolute Gasteiger partial charge is 0.366 e. The molecule has 1 unspecified atom stereocenters. The standard InChI is InChI=1S/C17H29N3O/c1-7-18-13(2)14-9-8-10-19-15(14)20-11-16(3,4)21-17(5,6)12-20/h8-10,13,18H,7,11-12H2,1-6H3. The number of hydrogen-bond donors (Lipinski definition) is 1. The lowest BCUT2D eigenvalue weighted by atomic mass is 9.98. The van der Waals surface area contributed by atoms with Gasteiger partial charge >= 0.3 is 0 Å². The molecular formula is C17H29N3O. The maximum absolute atomic E-state index is 6.18. The number of nitrogens with one attached hydrogen (secondary N) is 1. The Kier molecular flexibility index (Phi) is 4.59. The third-order valence-electron chi connectivity index (χ3n) is 3.79. The molecule has 0 radical (unpaired) electrons. The average Bonchev–Trinajstić information content (AvgIpc) is 2.35. The van der Waals surface area contributed by atoms with Gasteiger partial charge in [0.2, 0.25) is 0 Å². The first-order chi connectivity index (χ1) is 9.74. The van der Waals surface area contributed by atoms with Crippen LogP contribution < -0.4 is 10.2 Å². The Hall–Kier alpha value is -1.13. The molecule has 1 aromatic heterocycles. The third kappa shape index (κ3) is 3.95. The second-order valence-corrected chi connectivity index (χ2v) is 7.17. The average molecular weight is 291 g/mol. The van der Waals surface area contributed by atoms with Gasteiger partial charge in [-0.05, 0) is 47.2 Å². The Bertz CT molecular complexity index is 469. The summed E-state index contributed by atoms with van der Waals surface area (Å²) in [4.78, 5) is 7.03. The molecule has 1 N–H and O–H groups in total. The highest BCUT2D eigenvalue weighted by atomic mass is 16.5. The highest BCUT2D eigenvalue weighted by Gasteiger charge is 2.39. The molecule has 0 bridgehead atoms. The van der Waals surface area contributed by atoms with Crippen LogP contribution in [0.5, 0.6) is 0 Å². The predicted octanol–water partition coefficient (Wildman–Crippen LogP) is 3.15. The zero-order valence-corrected chi connectivity index (χ0v) is 14.2. The molecule has 4 heteroatoms. The van der Waals surface area contributed by atoms with Crippen molar-refractivity contribution < 1.29 is 4.74 Å². The van der Waals surface area contributed by atoms with E-state index in [2.05, 4.69) is 62.8 Å². The Morgan fingerprint density at radius 3 is 2.48 bits per heavy atom. The Morgan fingerprint density at radius 1 is 1.29 bits per heavy atom. The number of ether oxygens (including phenoxy) is 1. The van der Waals surface area contributed by atoms with Crippen molar-refractivity contribution in [1.82, 2.24) is 10.3 Å². The van der Waals surface area contributed by atoms with Crippen molar-refractivity contribution in [2.24, 2.45) is 0 Å². The predicted molar refractivity (Wildman–Crippen MR) is 87.8 cm³/mol. The molecule has 4 nitrogen and oxygen atoms in total. The van der Waals surface area contributed by atoms with Gasteiger partial charge in [0, 0.05) is 30.9 Å². The van der Waals surface area contributed by atoms with E-state index < -0.39 is 0 Å². The fourth-order valence-corrected chi connectivity index (χ4v) is 3.37. The van der Waals surface area contributed by atoms with E-state index in [4.69, 9.17) is 4.74 Å². The van der Waals surface area contributed by atoms with Crippen molar-refractivity contribution in [3.8, 4) is 0 Å². The molecule has 1 saturated heterocycles. The molecule has 0 aromatic carbocycles. The van der Waals surface area contributed by atoms with Crippen LogP contribution in [-0.2, 0) is 4.74 Å². The van der Waals surface area contributed by atoms with E-state index >= 15 is 0 Å². The molecule has 0 aliphatic carbocycles. The van der Waals surface area contributed by atoms with Gasteiger partial charge in [0.05, 0.1) is 11.2 Å². The lowest BCUT2D eigenvalue weighted by Crippen LogP contribution is -2.57. The van der Waals surface area contributed by atoms with Gasteiger partial charge < -0.3 is 15.0 Å². The smallest absolute Gasteiger partial charge is 0.133 e. The molecule has 0 spiro atoms. The Morgan fingerprint density at radius 2 is 1.90 bits per heavy atom. The van der Waals surface area contributed by atoms with Crippen molar-refractivity contribution in [3.05, 3.63) is 23.9 Å². The molecule has 0 saturated carbocycles. The molecule has 2 rings (SSSR count). The van der Waals surface area contributed by atoms with Crippen LogP contribution in [0.15, 0.2) is 18.3 Å². The monoisotopic (exact) mass is 291 g/mol. The first-order valence-corrected chi connectivity index (χ1v) is 7.87. The van der Waals surface area contributed by atoms with Gasteiger partial charge in [-0.25, -0.2) is 4.98 Å². The minimum atomic E-state index is -0.169. The van der Waals surface area contributed by atoms with Crippen LogP contribution in [0.2, 0.25) is 0 Å². The van der Waals surface area contributed by atoms with Gasteiger partial charge in [0.15, 0.2) is 0 Å². The second-order valence-electron chi connectivity index (χ2n) is 7.17. The summed E-state index contributed by atoms with van der Waals surface area (Å²) in [5.74, 6) is 1.08. The molecular weight excluding hydrogens is 262 g/mol. The highest BCUT2D eigenvalue weighted by Crippen LogP contribution is 2.33. The minimum absolute atomic E-state index is 0.169. The third-order valence-corrected chi connectivity index (χ3v) is 3.79. The first kappa shape index (κ1) is 16.2. The maximum atomic E-state index is 6.18. The summed E-state index contributed by atoms with van der Waals surface area (Å²) in [5, 5.41) is 3.48. The highest BCUT2D eigenvalue weighted by molar-refractivity contribution is 5.49. The van der Waals surface area contributed by atoms with Crippen molar-refractivity contribution in [2.45, 2.75) is 58.8 Å². The first-order valence-electron chi connectivity index (χ1n) is 7.87. The molecule has 1 fully saturated rings. The molecule has 1 aliphatic rings. The topological polar surface area (TPSA) is 37.4 Å². The summed E-state index contributed by atoms with van der Waals surface area (Å²) in [6.07, 6.45) is 1.88. The van der Waals surface area contributed by atoms with Gasteiger partial charge in [-0.2, -0.15) is 0 Å². The quantitative estimate of drug-likeness (QED) is 0.924. The van der Waals surface area contributed by atoms with Crippen LogP contribution in [0.1, 0.15) is 53.1 Å². The SMILES string of the molecule is CCNC(C)c1cccnc1N1CC(C)(C)OC(C)(C)C1. The lowest BCUT2D eigenvalue weighted by molar-refractivity contribution is -0.133. The van der Waals surface area contributed by atoms with E-state index in [1.165, 1.54) is 5.56 Å². The molecule has 1 aromatic rings. The molecule has 2 heterocycles. The van der Waals surface area contributed by atoms with Gasteiger partial charge in [-0.3, -0.25) is 0 Å². The van der Waals surface area contributed by atoms with Crippen molar-refractivity contribution in [2.75, 3.05) is 24.5 Å². The van der Waals surface area contributed by atoms with Crippen LogP contribution in [0.4, 0.5) is 5.82 Å². The van der Waals surface area contributed by atoms with Crippen molar-refractivity contribution in [3.63, 3.8) is 0 Å². The second kappa shape index (κ2) is 5.93.